The highest BCUT2D eigenvalue weighted by molar-refractivity contribution is 7.98. The molecule has 0 bridgehead atoms. The minimum atomic E-state index is 0.267. The minimum absolute atomic E-state index is 0.267. The van der Waals surface area contributed by atoms with Gasteiger partial charge in [0.05, 0.1) is 0 Å². The molecule has 1 aliphatic carbocycles. The summed E-state index contributed by atoms with van der Waals surface area (Å²) in [6.07, 6.45) is 10.1. The van der Waals surface area contributed by atoms with E-state index in [2.05, 4.69) is 32.1 Å². The Balaban J connectivity index is 2.89. The Hall–Kier alpha value is 0.270. The van der Waals surface area contributed by atoms with Gasteiger partial charge in [0.1, 0.15) is 0 Å². The number of thioether (sulfide) groups is 1. The van der Waals surface area contributed by atoms with Crippen LogP contribution in [0.5, 0.6) is 0 Å². The molecule has 108 valence electrons. The predicted octanol–water partition coefficient (Wildman–Crippen LogP) is 3.36. The lowest BCUT2D eigenvalue weighted by Gasteiger charge is -2.52. The fourth-order valence-corrected chi connectivity index (χ4v) is 4.66. The van der Waals surface area contributed by atoms with E-state index in [4.69, 9.17) is 5.73 Å². The van der Waals surface area contributed by atoms with Crippen LogP contribution in [0.15, 0.2) is 0 Å². The maximum absolute atomic E-state index is 6.25. The first-order valence-electron chi connectivity index (χ1n) is 7.58. The summed E-state index contributed by atoms with van der Waals surface area (Å²) in [7, 11) is 2.32. The predicted molar refractivity (Wildman–Crippen MR) is 84.3 cm³/mol. The van der Waals surface area contributed by atoms with Crippen LogP contribution in [0.25, 0.3) is 0 Å². The van der Waals surface area contributed by atoms with Gasteiger partial charge in [0.15, 0.2) is 0 Å². The highest BCUT2D eigenvalue weighted by atomic mass is 32.2. The Morgan fingerprint density at radius 2 is 2.11 bits per heavy atom. The number of rotatable bonds is 7. The van der Waals surface area contributed by atoms with Gasteiger partial charge in [0, 0.05) is 23.9 Å². The Labute approximate surface area is 118 Å². The number of likely N-dealkylation sites (N-methyl/N-ethyl adjacent to an activating group) is 1. The highest BCUT2D eigenvalue weighted by Crippen LogP contribution is 2.40. The monoisotopic (exact) mass is 272 g/mol. The van der Waals surface area contributed by atoms with Crippen LogP contribution in [0.4, 0.5) is 0 Å². The molecule has 1 saturated carbocycles. The van der Waals surface area contributed by atoms with E-state index >= 15 is 0 Å². The van der Waals surface area contributed by atoms with Gasteiger partial charge in [0.25, 0.3) is 0 Å². The van der Waals surface area contributed by atoms with E-state index in [1.807, 2.05) is 11.8 Å². The molecular weight excluding hydrogens is 240 g/mol. The van der Waals surface area contributed by atoms with Gasteiger partial charge < -0.3 is 5.73 Å². The molecule has 0 spiro atoms. The number of nitrogens with two attached hydrogens (primary N) is 1. The Morgan fingerprint density at radius 3 is 2.61 bits per heavy atom. The van der Waals surface area contributed by atoms with Crippen molar-refractivity contribution in [2.45, 2.75) is 64.0 Å². The highest BCUT2D eigenvalue weighted by Gasteiger charge is 2.43. The smallest absolute Gasteiger partial charge is 0.0359 e. The summed E-state index contributed by atoms with van der Waals surface area (Å²) in [6.45, 7) is 5.47. The van der Waals surface area contributed by atoms with Crippen molar-refractivity contribution in [1.29, 1.82) is 0 Å². The van der Waals surface area contributed by atoms with E-state index in [0.29, 0.717) is 6.04 Å². The van der Waals surface area contributed by atoms with Gasteiger partial charge in [-0.15, -0.1) is 0 Å². The van der Waals surface area contributed by atoms with Gasteiger partial charge in [-0.1, -0.05) is 33.1 Å². The zero-order valence-electron chi connectivity index (χ0n) is 12.7. The van der Waals surface area contributed by atoms with Gasteiger partial charge in [-0.3, -0.25) is 4.90 Å². The second kappa shape index (κ2) is 7.76. The molecule has 1 aliphatic rings. The second-order valence-electron chi connectivity index (χ2n) is 5.79. The van der Waals surface area contributed by atoms with Crippen LogP contribution in [-0.2, 0) is 0 Å². The van der Waals surface area contributed by atoms with Crippen molar-refractivity contribution in [1.82, 2.24) is 4.90 Å². The van der Waals surface area contributed by atoms with E-state index in [-0.39, 0.29) is 5.54 Å². The van der Waals surface area contributed by atoms with Crippen molar-refractivity contribution in [2.75, 3.05) is 25.6 Å². The molecule has 1 rings (SSSR count). The van der Waals surface area contributed by atoms with Gasteiger partial charge >= 0.3 is 0 Å². The summed E-state index contributed by atoms with van der Waals surface area (Å²) in [6, 6.07) is 0.677. The molecule has 3 unspecified atom stereocenters. The van der Waals surface area contributed by atoms with Crippen LogP contribution < -0.4 is 5.73 Å². The number of hydrogen-bond acceptors (Lipinski definition) is 3. The zero-order valence-corrected chi connectivity index (χ0v) is 13.6. The van der Waals surface area contributed by atoms with E-state index < -0.39 is 0 Å². The molecule has 0 aromatic carbocycles. The van der Waals surface area contributed by atoms with Crippen LogP contribution >= 0.6 is 11.8 Å². The Kier molecular flexibility index (Phi) is 7.04. The third kappa shape index (κ3) is 3.23. The molecule has 0 saturated heterocycles. The van der Waals surface area contributed by atoms with Crippen molar-refractivity contribution in [3.8, 4) is 0 Å². The largest absolute Gasteiger partial charge is 0.329 e. The van der Waals surface area contributed by atoms with Gasteiger partial charge in [0.2, 0.25) is 0 Å². The Bertz CT molecular complexity index is 235. The van der Waals surface area contributed by atoms with Crippen LogP contribution in [0, 0.1) is 5.92 Å². The first-order valence-corrected chi connectivity index (χ1v) is 8.97. The normalized spacial score (nSPS) is 30.7. The van der Waals surface area contributed by atoms with E-state index in [0.717, 1.165) is 12.5 Å². The molecule has 2 nitrogen and oxygen atoms in total. The SMILES string of the molecule is CCC(CSC)N(C)C1(CN)CCCCC1CC. The first kappa shape index (κ1) is 16.3. The van der Waals surface area contributed by atoms with Crippen molar-refractivity contribution in [2.24, 2.45) is 11.7 Å². The molecule has 0 aliphatic heterocycles. The van der Waals surface area contributed by atoms with Crippen molar-refractivity contribution in [3.63, 3.8) is 0 Å². The molecular formula is C15H32N2S. The summed E-state index contributed by atoms with van der Waals surface area (Å²) in [4.78, 5) is 2.65. The maximum atomic E-state index is 6.25. The van der Waals surface area contributed by atoms with E-state index in [1.165, 1.54) is 44.3 Å². The fraction of sp³-hybridized carbons (Fsp3) is 1.00. The summed E-state index contributed by atoms with van der Waals surface area (Å²) >= 11 is 1.96. The van der Waals surface area contributed by atoms with Crippen molar-refractivity contribution >= 4 is 11.8 Å². The second-order valence-corrected chi connectivity index (χ2v) is 6.70. The van der Waals surface area contributed by atoms with Crippen LogP contribution in [-0.4, -0.2) is 42.1 Å². The summed E-state index contributed by atoms with van der Waals surface area (Å²) < 4.78 is 0. The lowest BCUT2D eigenvalue weighted by molar-refractivity contribution is -0.00122. The van der Waals surface area contributed by atoms with Crippen LogP contribution in [0.1, 0.15) is 52.4 Å². The summed E-state index contributed by atoms with van der Waals surface area (Å²) in [5, 5.41) is 0. The van der Waals surface area contributed by atoms with Gasteiger partial charge in [-0.25, -0.2) is 0 Å². The first-order chi connectivity index (χ1) is 8.66. The van der Waals surface area contributed by atoms with Gasteiger partial charge in [-0.05, 0) is 38.5 Å². The average Bonchev–Trinajstić information content (AvgIpc) is 2.43. The summed E-state index contributed by atoms with van der Waals surface area (Å²) in [5.74, 6) is 2.02. The number of hydrogen-bond donors (Lipinski definition) is 1. The molecule has 2 N–H and O–H groups in total. The zero-order chi connectivity index (χ0) is 13.6. The lowest BCUT2D eigenvalue weighted by Crippen LogP contribution is -2.61. The molecule has 0 radical (unpaired) electrons. The number of nitrogens with zero attached hydrogens (tertiary/aromatic N) is 1. The van der Waals surface area contributed by atoms with Crippen LogP contribution in [0.2, 0.25) is 0 Å². The van der Waals surface area contributed by atoms with E-state index in [9.17, 15) is 0 Å². The Morgan fingerprint density at radius 1 is 1.39 bits per heavy atom. The molecule has 0 heterocycles. The molecule has 0 amide bonds. The standard InChI is InChI=1S/C15H32N2S/c1-5-13-9-7-8-10-15(13,12-16)17(3)14(6-2)11-18-4/h13-14H,5-12,16H2,1-4H3. The minimum Gasteiger partial charge on any atom is -0.329 e. The third-order valence-corrected chi connectivity index (χ3v) is 5.82. The fourth-order valence-electron chi connectivity index (χ4n) is 3.82. The topological polar surface area (TPSA) is 29.3 Å². The molecule has 3 heteroatoms. The van der Waals surface area contributed by atoms with Crippen molar-refractivity contribution < 1.29 is 0 Å². The van der Waals surface area contributed by atoms with E-state index in [1.54, 1.807) is 0 Å². The molecule has 1 fully saturated rings. The average molecular weight is 273 g/mol. The molecule has 0 aromatic heterocycles. The van der Waals surface area contributed by atoms with Crippen LogP contribution in [0.3, 0.4) is 0 Å². The third-order valence-electron chi connectivity index (χ3n) is 5.10. The van der Waals surface area contributed by atoms with Crippen molar-refractivity contribution in [3.05, 3.63) is 0 Å². The molecule has 0 aromatic rings. The van der Waals surface area contributed by atoms with Gasteiger partial charge in [-0.2, -0.15) is 11.8 Å². The molecule has 18 heavy (non-hydrogen) atoms. The molecule has 3 atom stereocenters. The maximum Gasteiger partial charge on any atom is 0.0359 e. The summed E-state index contributed by atoms with van der Waals surface area (Å²) in [5.41, 5.74) is 6.51. The lowest BCUT2D eigenvalue weighted by atomic mass is 9.70. The quantitative estimate of drug-likeness (QED) is 0.770.